The standard InChI is InChI=1S/C17H18F3NO6S/c1-10(22)21-27-15(25)6-7-28-9-12(8-14(23)24)16(26)11-2-4-13(5-3-11)17(18,19)20/h2-5,12H,6-9H2,1H3,(H,21,22)(H,23,24)/t12-/m0/s1. The van der Waals surface area contributed by atoms with E-state index in [-0.39, 0.29) is 23.5 Å². The molecule has 2 N–H and O–H groups in total. The van der Waals surface area contributed by atoms with Gasteiger partial charge in [0.2, 0.25) is 5.91 Å². The van der Waals surface area contributed by atoms with Crippen molar-refractivity contribution in [3.8, 4) is 0 Å². The van der Waals surface area contributed by atoms with Crippen molar-refractivity contribution in [1.82, 2.24) is 5.48 Å². The molecule has 28 heavy (non-hydrogen) atoms. The lowest BCUT2D eigenvalue weighted by Crippen LogP contribution is -2.25. The molecular weight excluding hydrogens is 403 g/mol. The first-order valence-corrected chi connectivity index (χ1v) is 9.13. The molecule has 0 saturated carbocycles. The van der Waals surface area contributed by atoms with Crippen molar-refractivity contribution in [3.63, 3.8) is 0 Å². The highest BCUT2D eigenvalue weighted by Crippen LogP contribution is 2.29. The van der Waals surface area contributed by atoms with Gasteiger partial charge in [-0.15, -0.1) is 0 Å². The number of ketones is 1. The molecule has 154 valence electrons. The molecular formula is C17H18F3NO6S. The molecule has 7 nitrogen and oxygen atoms in total. The Labute approximate surface area is 162 Å². The minimum absolute atomic E-state index is 0.0232. The SMILES string of the molecule is CC(=O)NOC(=O)CCSC[C@H](CC(=O)O)C(=O)c1ccc(C(F)(F)F)cc1. The number of hydroxylamine groups is 1. The van der Waals surface area contributed by atoms with Crippen molar-refractivity contribution in [2.45, 2.75) is 25.9 Å². The number of halogens is 3. The summed E-state index contributed by atoms with van der Waals surface area (Å²) in [5.41, 5.74) is 0.932. The Morgan fingerprint density at radius 2 is 1.79 bits per heavy atom. The maximum Gasteiger partial charge on any atom is 0.416 e. The van der Waals surface area contributed by atoms with Gasteiger partial charge in [-0.25, -0.2) is 4.79 Å². The van der Waals surface area contributed by atoms with Gasteiger partial charge in [0.25, 0.3) is 0 Å². The molecule has 0 bridgehead atoms. The van der Waals surface area contributed by atoms with Crippen LogP contribution in [0, 0.1) is 5.92 Å². The van der Waals surface area contributed by atoms with Crippen LogP contribution >= 0.6 is 11.8 Å². The molecule has 0 saturated heterocycles. The van der Waals surface area contributed by atoms with Crippen LogP contribution in [0.1, 0.15) is 35.7 Å². The van der Waals surface area contributed by atoms with E-state index in [1.807, 2.05) is 5.48 Å². The van der Waals surface area contributed by atoms with Crippen LogP contribution in [0.2, 0.25) is 0 Å². The lowest BCUT2D eigenvalue weighted by Gasteiger charge is -2.14. The molecule has 0 fully saturated rings. The number of alkyl halides is 3. The first-order chi connectivity index (χ1) is 13.0. The average Bonchev–Trinajstić information content (AvgIpc) is 2.61. The van der Waals surface area contributed by atoms with Crippen LogP contribution < -0.4 is 5.48 Å². The highest BCUT2D eigenvalue weighted by molar-refractivity contribution is 7.99. The molecule has 0 aliphatic heterocycles. The summed E-state index contributed by atoms with van der Waals surface area (Å²) in [7, 11) is 0. The maximum absolute atomic E-state index is 12.6. The first-order valence-electron chi connectivity index (χ1n) is 7.98. The van der Waals surface area contributed by atoms with Gasteiger partial charge in [0.05, 0.1) is 18.4 Å². The van der Waals surface area contributed by atoms with Crippen LogP contribution in [0.15, 0.2) is 24.3 Å². The van der Waals surface area contributed by atoms with Crippen LogP contribution in [-0.4, -0.2) is 40.2 Å². The molecule has 0 radical (unpaired) electrons. The third-order valence-corrected chi connectivity index (χ3v) is 4.50. The number of carbonyl (C=O) groups excluding carboxylic acids is 3. The lowest BCUT2D eigenvalue weighted by molar-refractivity contribution is -0.157. The van der Waals surface area contributed by atoms with Crippen molar-refractivity contribution >= 4 is 35.4 Å². The zero-order valence-electron chi connectivity index (χ0n) is 14.7. The second-order valence-electron chi connectivity index (χ2n) is 5.69. The van der Waals surface area contributed by atoms with Crippen LogP contribution in [0.25, 0.3) is 0 Å². The monoisotopic (exact) mass is 421 g/mol. The average molecular weight is 421 g/mol. The molecule has 1 amide bonds. The fourth-order valence-corrected chi connectivity index (χ4v) is 3.09. The second-order valence-corrected chi connectivity index (χ2v) is 6.84. The number of benzene rings is 1. The van der Waals surface area contributed by atoms with Gasteiger partial charge in [0, 0.05) is 29.9 Å². The van der Waals surface area contributed by atoms with Crippen molar-refractivity contribution < 1.29 is 42.3 Å². The van der Waals surface area contributed by atoms with E-state index in [2.05, 4.69) is 4.84 Å². The quantitative estimate of drug-likeness (QED) is 0.358. The molecule has 0 aliphatic rings. The minimum atomic E-state index is -4.54. The van der Waals surface area contributed by atoms with E-state index in [9.17, 15) is 32.3 Å². The highest BCUT2D eigenvalue weighted by Gasteiger charge is 2.31. The van der Waals surface area contributed by atoms with E-state index in [0.29, 0.717) is 0 Å². The summed E-state index contributed by atoms with van der Waals surface area (Å²) in [5.74, 6) is -3.78. The predicted molar refractivity (Wildman–Crippen MR) is 93.4 cm³/mol. The van der Waals surface area contributed by atoms with Crippen LogP contribution in [0.3, 0.4) is 0 Å². The zero-order valence-corrected chi connectivity index (χ0v) is 15.6. The summed E-state index contributed by atoms with van der Waals surface area (Å²) >= 11 is 1.12. The summed E-state index contributed by atoms with van der Waals surface area (Å²) in [6.07, 6.45) is -5.12. The topological polar surface area (TPSA) is 110 Å². The number of aliphatic carboxylic acids is 1. The Bertz CT molecular complexity index is 721. The maximum atomic E-state index is 12.6. The first kappa shape index (κ1) is 23.5. The third-order valence-electron chi connectivity index (χ3n) is 3.37. The van der Waals surface area contributed by atoms with Gasteiger partial charge in [-0.2, -0.15) is 30.4 Å². The zero-order chi connectivity index (χ0) is 21.3. The van der Waals surface area contributed by atoms with Gasteiger partial charge in [0.15, 0.2) is 5.78 Å². The Balaban J connectivity index is 2.64. The van der Waals surface area contributed by atoms with E-state index < -0.39 is 47.7 Å². The van der Waals surface area contributed by atoms with Crippen molar-refractivity contribution in [2.24, 2.45) is 5.92 Å². The molecule has 0 aliphatic carbocycles. The van der Waals surface area contributed by atoms with E-state index in [0.717, 1.165) is 43.0 Å². The Morgan fingerprint density at radius 1 is 1.18 bits per heavy atom. The summed E-state index contributed by atoms with van der Waals surface area (Å²) in [4.78, 5) is 49.8. The Hall–Kier alpha value is -2.56. The normalized spacial score (nSPS) is 12.1. The second kappa shape index (κ2) is 10.7. The number of carboxylic acids is 1. The summed E-state index contributed by atoms with van der Waals surface area (Å²) in [5, 5.41) is 8.97. The number of nitrogens with one attached hydrogen (secondary N) is 1. The number of thioether (sulfide) groups is 1. The van der Waals surface area contributed by atoms with Gasteiger partial charge >= 0.3 is 18.1 Å². The highest BCUT2D eigenvalue weighted by atomic mass is 32.2. The van der Waals surface area contributed by atoms with Gasteiger partial charge < -0.3 is 9.94 Å². The largest absolute Gasteiger partial charge is 0.481 e. The van der Waals surface area contributed by atoms with Crippen molar-refractivity contribution in [3.05, 3.63) is 35.4 Å². The molecule has 0 spiro atoms. The van der Waals surface area contributed by atoms with E-state index in [4.69, 9.17) is 5.11 Å². The third kappa shape index (κ3) is 8.42. The molecule has 0 heterocycles. The molecule has 1 aromatic rings. The number of carbonyl (C=O) groups is 4. The number of Topliss-reactive ketones (excluding diaryl/α,β-unsaturated/α-hetero) is 1. The Morgan fingerprint density at radius 3 is 2.29 bits per heavy atom. The number of hydrogen-bond donors (Lipinski definition) is 2. The van der Waals surface area contributed by atoms with Gasteiger partial charge in [0.1, 0.15) is 0 Å². The van der Waals surface area contributed by atoms with Gasteiger partial charge in [-0.3, -0.25) is 14.4 Å². The van der Waals surface area contributed by atoms with Crippen LogP contribution in [-0.2, 0) is 25.4 Å². The van der Waals surface area contributed by atoms with E-state index in [1.54, 1.807) is 0 Å². The van der Waals surface area contributed by atoms with E-state index in [1.165, 1.54) is 0 Å². The number of carboxylic acid groups (broad SMARTS) is 1. The minimum Gasteiger partial charge on any atom is -0.481 e. The van der Waals surface area contributed by atoms with Crippen molar-refractivity contribution in [2.75, 3.05) is 11.5 Å². The summed E-state index contributed by atoms with van der Waals surface area (Å²) < 4.78 is 37.8. The summed E-state index contributed by atoms with van der Waals surface area (Å²) in [6, 6.07) is 3.54. The van der Waals surface area contributed by atoms with Crippen LogP contribution in [0.5, 0.6) is 0 Å². The molecule has 1 rings (SSSR count). The molecule has 1 aromatic carbocycles. The fourth-order valence-electron chi connectivity index (χ4n) is 2.06. The summed E-state index contributed by atoms with van der Waals surface area (Å²) in [6.45, 7) is 1.16. The Kier molecular flexibility index (Phi) is 8.97. The number of rotatable bonds is 9. The molecule has 1 atom stereocenters. The number of amides is 1. The fraction of sp³-hybridized carbons (Fsp3) is 0.412. The molecule has 0 unspecified atom stereocenters. The molecule has 0 aromatic heterocycles. The van der Waals surface area contributed by atoms with E-state index >= 15 is 0 Å². The predicted octanol–water partition coefficient (Wildman–Crippen LogP) is 2.70. The molecule has 11 heteroatoms. The van der Waals surface area contributed by atoms with Gasteiger partial charge in [-0.05, 0) is 12.1 Å². The smallest absolute Gasteiger partial charge is 0.416 e. The van der Waals surface area contributed by atoms with Gasteiger partial charge in [-0.1, -0.05) is 12.1 Å². The van der Waals surface area contributed by atoms with Crippen LogP contribution in [0.4, 0.5) is 13.2 Å². The lowest BCUT2D eigenvalue weighted by atomic mass is 9.95. The van der Waals surface area contributed by atoms with Crippen molar-refractivity contribution in [1.29, 1.82) is 0 Å². The number of hydrogen-bond acceptors (Lipinski definition) is 6.